The van der Waals surface area contributed by atoms with Crippen molar-refractivity contribution in [2.24, 2.45) is 0 Å². The Kier molecular flexibility index (Phi) is 3.66. The maximum Gasteiger partial charge on any atom is 0.220 e. The van der Waals surface area contributed by atoms with Crippen molar-refractivity contribution < 1.29 is 0 Å². The summed E-state index contributed by atoms with van der Waals surface area (Å²) >= 11 is 11.9. The molecular formula is C12H8Cl2N4. The minimum atomic E-state index is 0.133. The maximum atomic E-state index is 8.98. The fourth-order valence-corrected chi connectivity index (χ4v) is 1.98. The number of nitrogen functional groups attached to an aromatic ring is 1. The molecule has 6 heteroatoms. The van der Waals surface area contributed by atoms with Crippen LogP contribution < -0.4 is 5.73 Å². The second-order valence-electron chi connectivity index (χ2n) is 3.61. The van der Waals surface area contributed by atoms with Crippen LogP contribution in [0.2, 0.25) is 10.0 Å². The van der Waals surface area contributed by atoms with Crippen LogP contribution >= 0.6 is 23.2 Å². The van der Waals surface area contributed by atoms with E-state index in [2.05, 4.69) is 9.97 Å². The van der Waals surface area contributed by atoms with Crippen LogP contribution in [0.4, 0.5) is 5.95 Å². The quantitative estimate of drug-likeness (QED) is 0.917. The molecule has 90 valence electrons. The van der Waals surface area contributed by atoms with Crippen molar-refractivity contribution in [1.82, 2.24) is 9.97 Å². The van der Waals surface area contributed by atoms with Gasteiger partial charge in [-0.15, -0.1) is 0 Å². The van der Waals surface area contributed by atoms with E-state index in [9.17, 15) is 0 Å². The van der Waals surface area contributed by atoms with Gasteiger partial charge in [-0.3, -0.25) is 0 Å². The first-order chi connectivity index (χ1) is 8.60. The van der Waals surface area contributed by atoms with Gasteiger partial charge in [0.2, 0.25) is 5.95 Å². The van der Waals surface area contributed by atoms with E-state index in [1.165, 1.54) is 6.20 Å². The average molecular weight is 279 g/mol. The Balaban J connectivity index is 2.40. The van der Waals surface area contributed by atoms with Gasteiger partial charge in [-0.05, 0) is 17.7 Å². The van der Waals surface area contributed by atoms with Gasteiger partial charge < -0.3 is 5.73 Å². The van der Waals surface area contributed by atoms with E-state index in [0.717, 1.165) is 5.56 Å². The molecule has 2 N–H and O–H groups in total. The minimum absolute atomic E-state index is 0.133. The van der Waals surface area contributed by atoms with Crippen LogP contribution in [0.1, 0.15) is 16.8 Å². The van der Waals surface area contributed by atoms with E-state index in [-0.39, 0.29) is 5.95 Å². The highest BCUT2D eigenvalue weighted by molar-refractivity contribution is 6.35. The number of aromatic nitrogens is 2. The van der Waals surface area contributed by atoms with Crippen LogP contribution in [-0.4, -0.2) is 9.97 Å². The van der Waals surface area contributed by atoms with Crippen molar-refractivity contribution in [3.05, 3.63) is 51.3 Å². The second-order valence-corrected chi connectivity index (χ2v) is 4.46. The molecule has 0 bridgehead atoms. The molecule has 1 aromatic carbocycles. The van der Waals surface area contributed by atoms with Gasteiger partial charge in [-0.2, -0.15) is 5.26 Å². The van der Waals surface area contributed by atoms with E-state index < -0.39 is 0 Å². The lowest BCUT2D eigenvalue weighted by Gasteiger charge is -2.06. The molecule has 2 rings (SSSR count). The summed E-state index contributed by atoms with van der Waals surface area (Å²) < 4.78 is 0. The van der Waals surface area contributed by atoms with Crippen molar-refractivity contribution >= 4 is 29.2 Å². The molecule has 0 radical (unpaired) electrons. The average Bonchev–Trinajstić information content (AvgIpc) is 2.33. The fraction of sp³-hybridized carbons (Fsp3) is 0.0833. The first-order valence-electron chi connectivity index (χ1n) is 5.05. The molecule has 0 spiro atoms. The summed E-state index contributed by atoms with van der Waals surface area (Å²) in [5.41, 5.74) is 7.28. The Hall–Kier alpha value is -1.83. The zero-order valence-corrected chi connectivity index (χ0v) is 10.7. The Morgan fingerprint density at radius 3 is 2.78 bits per heavy atom. The number of nitrogens with two attached hydrogens (primary N) is 1. The number of nitriles is 1. The van der Waals surface area contributed by atoms with Crippen molar-refractivity contribution in [1.29, 1.82) is 5.26 Å². The van der Waals surface area contributed by atoms with Crippen molar-refractivity contribution in [2.45, 2.75) is 6.42 Å². The number of rotatable bonds is 2. The predicted molar refractivity (Wildman–Crippen MR) is 70.4 cm³/mol. The number of hydrogen-bond acceptors (Lipinski definition) is 4. The fourth-order valence-electron chi connectivity index (χ4n) is 1.51. The molecule has 0 saturated carbocycles. The summed E-state index contributed by atoms with van der Waals surface area (Å²) in [6.45, 7) is 0. The van der Waals surface area contributed by atoms with E-state index in [1.54, 1.807) is 18.2 Å². The number of halogens is 2. The molecule has 2 aromatic rings. The van der Waals surface area contributed by atoms with E-state index in [1.807, 2.05) is 6.07 Å². The van der Waals surface area contributed by atoms with Gasteiger partial charge in [-0.1, -0.05) is 29.3 Å². The normalized spacial score (nSPS) is 10.1. The lowest BCUT2D eigenvalue weighted by atomic mass is 10.1. The maximum absolute atomic E-state index is 8.98. The van der Waals surface area contributed by atoms with Gasteiger partial charge in [0.05, 0.1) is 17.5 Å². The topological polar surface area (TPSA) is 75.6 Å². The molecule has 0 aliphatic carbocycles. The highest BCUT2D eigenvalue weighted by Crippen LogP contribution is 2.23. The summed E-state index contributed by atoms with van der Waals surface area (Å²) in [4.78, 5) is 7.83. The van der Waals surface area contributed by atoms with Gasteiger partial charge in [0.1, 0.15) is 6.07 Å². The van der Waals surface area contributed by atoms with Crippen molar-refractivity contribution in [2.75, 3.05) is 5.73 Å². The van der Waals surface area contributed by atoms with Gasteiger partial charge in [-0.25, -0.2) is 9.97 Å². The molecule has 4 nitrogen and oxygen atoms in total. The molecule has 1 heterocycles. The summed E-state index contributed by atoms with van der Waals surface area (Å²) in [5, 5.41) is 10.1. The Morgan fingerprint density at radius 2 is 2.11 bits per heavy atom. The molecule has 0 atom stereocenters. The van der Waals surface area contributed by atoms with Crippen LogP contribution in [-0.2, 0) is 6.42 Å². The molecule has 18 heavy (non-hydrogen) atoms. The van der Waals surface area contributed by atoms with Crippen LogP contribution in [0.25, 0.3) is 0 Å². The highest BCUT2D eigenvalue weighted by atomic mass is 35.5. The lowest BCUT2D eigenvalue weighted by Crippen LogP contribution is -2.03. The third-order valence-electron chi connectivity index (χ3n) is 2.38. The first-order valence-corrected chi connectivity index (χ1v) is 5.81. The van der Waals surface area contributed by atoms with Gasteiger partial charge in [0.25, 0.3) is 0 Å². The van der Waals surface area contributed by atoms with E-state index >= 15 is 0 Å². The molecule has 0 unspecified atom stereocenters. The second kappa shape index (κ2) is 5.21. The lowest BCUT2D eigenvalue weighted by molar-refractivity contribution is 1.03. The smallest absolute Gasteiger partial charge is 0.220 e. The minimum Gasteiger partial charge on any atom is -0.368 e. The van der Waals surface area contributed by atoms with Crippen LogP contribution in [0, 0.1) is 11.3 Å². The molecule has 0 aliphatic heterocycles. The summed E-state index contributed by atoms with van der Waals surface area (Å²) in [5.74, 6) is 0.133. The van der Waals surface area contributed by atoms with E-state index in [4.69, 9.17) is 34.2 Å². The number of hydrogen-bond donors (Lipinski definition) is 1. The number of benzene rings is 1. The van der Waals surface area contributed by atoms with Crippen LogP contribution in [0.15, 0.2) is 24.4 Å². The Bertz CT molecular complexity index is 634. The zero-order valence-electron chi connectivity index (χ0n) is 9.19. The highest BCUT2D eigenvalue weighted by Gasteiger charge is 2.09. The molecule has 0 fully saturated rings. The molecule has 1 aromatic heterocycles. The largest absolute Gasteiger partial charge is 0.368 e. The Morgan fingerprint density at radius 1 is 1.33 bits per heavy atom. The van der Waals surface area contributed by atoms with Crippen LogP contribution in [0.5, 0.6) is 0 Å². The number of anilines is 1. The Labute approximate surface area is 114 Å². The van der Waals surface area contributed by atoms with Crippen molar-refractivity contribution in [3.63, 3.8) is 0 Å². The summed E-state index contributed by atoms with van der Waals surface area (Å²) in [6.07, 6.45) is 1.81. The molecule has 0 amide bonds. The number of nitrogens with zero attached hydrogens (tertiary/aromatic N) is 3. The molecule has 0 aliphatic rings. The summed E-state index contributed by atoms with van der Waals surface area (Å²) in [6, 6.07) is 7.20. The predicted octanol–water partition coefficient (Wildman–Crippen LogP) is 2.83. The molecular weight excluding hydrogens is 271 g/mol. The van der Waals surface area contributed by atoms with E-state index in [0.29, 0.717) is 27.7 Å². The first kappa shape index (κ1) is 12.6. The molecule has 0 saturated heterocycles. The van der Waals surface area contributed by atoms with Gasteiger partial charge in [0, 0.05) is 16.5 Å². The van der Waals surface area contributed by atoms with Crippen molar-refractivity contribution in [3.8, 4) is 6.07 Å². The standard InChI is InChI=1S/C12H8Cl2N4/c13-9-2-1-7(10(14)4-9)3-11-8(5-15)6-17-12(16)18-11/h1-2,4,6H,3H2,(H2,16,17,18). The monoisotopic (exact) mass is 278 g/mol. The SMILES string of the molecule is N#Cc1cnc(N)nc1Cc1ccc(Cl)cc1Cl. The third-order valence-corrected chi connectivity index (χ3v) is 2.97. The van der Waals surface area contributed by atoms with Gasteiger partial charge in [0.15, 0.2) is 0 Å². The van der Waals surface area contributed by atoms with Gasteiger partial charge >= 0.3 is 0 Å². The summed E-state index contributed by atoms with van der Waals surface area (Å²) in [7, 11) is 0. The third kappa shape index (κ3) is 2.70. The zero-order chi connectivity index (χ0) is 13.1. The van der Waals surface area contributed by atoms with Crippen LogP contribution in [0.3, 0.4) is 0 Å².